The molecule has 8 bridgehead atoms. The highest BCUT2D eigenvalue weighted by Gasteiger charge is 2.31. The predicted molar refractivity (Wildman–Crippen MR) is 154 cm³/mol. The summed E-state index contributed by atoms with van der Waals surface area (Å²) in [6.07, 6.45) is 9.32. The van der Waals surface area contributed by atoms with E-state index in [1.807, 2.05) is 18.5 Å². The van der Waals surface area contributed by atoms with Gasteiger partial charge in [0.1, 0.15) is 17.8 Å². The van der Waals surface area contributed by atoms with Crippen LogP contribution in [-0.4, -0.2) is 39.7 Å². The molecular formula is C33H30N4O3. The maximum Gasteiger partial charge on any atom is 0.172 e. The molecule has 5 aliphatic rings. The number of benzene rings is 1. The molecule has 0 amide bonds. The molecule has 7 nitrogen and oxygen atoms in total. The van der Waals surface area contributed by atoms with Crippen LogP contribution in [0.1, 0.15) is 56.9 Å². The number of aromatic nitrogens is 2. The summed E-state index contributed by atoms with van der Waals surface area (Å²) in [6.45, 7) is 2.17. The first-order valence-corrected chi connectivity index (χ1v) is 13.8. The molecule has 0 fully saturated rings. The lowest BCUT2D eigenvalue weighted by atomic mass is 9.82. The van der Waals surface area contributed by atoms with Gasteiger partial charge >= 0.3 is 0 Å². The first-order valence-electron chi connectivity index (χ1n) is 13.8. The van der Waals surface area contributed by atoms with Gasteiger partial charge in [-0.25, -0.2) is 0 Å². The Morgan fingerprint density at radius 3 is 2.83 bits per heavy atom. The molecule has 1 atom stereocenters. The van der Waals surface area contributed by atoms with Gasteiger partial charge < -0.3 is 19.8 Å². The van der Waals surface area contributed by atoms with Gasteiger partial charge in [-0.1, -0.05) is 30.3 Å². The molecule has 0 unspecified atom stereocenters. The van der Waals surface area contributed by atoms with Crippen molar-refractivity contribution in [1.82, 2.24) is 15.3 Å². The summed E-state index contributed by atoms with van der Waals surface area (Å²) in [6, 6.07) is 16.6. The van der Waals surface area contributed by atoms with Crippen LogP contribution in [0.2, 0.25) is 0 Å². The number of fused-ring (bicyclic) bond motifs is 5. The van der Waals surface area contributed by atoms with Crippen molar-refractivity contribution in [2.45, 2.75) is 32.2 Å². The molecular weight excluding hydrogens is 500 g/mol. The van der Waals surface area contributed by atoms with Crippen molar-refractivity contribution in [3.05, 3.63) is 118 Å². The number of allylic oxidation sites excluding steroid dienone is 1. The van der Waals surface area contributed by atoms with Crippen LogP contribution in [0.15, 0.2) is 88.6 Å². The number of carbonyl (C=O) groups is 1. The van der Waals surface area contributed by atoms with E-state index >= 15 is 0 Å². The lowest BCUT2D eigenvalue weighted by Gasteiger charge is -2.27. The molecule has 7 rings (SSSR count). The number of hydrogen-bond donors (Lipinski definition) is 3. The quantitative estimate of drug-likeness (QED) is 0.308. The average molecular weight is 531 g/mol. The highest BCUT2D eigenvalue weighted by molar-refractivity contribution is 6.09. The highest BCUT2D eigenvalue weighted by Crippen LogP contribution is 2.41. The van der Waals surface area contributed by atoms with E-state index < -0.39 is 0 Å². The van der Waals surface area contributed by atoms with Crippen LogP contribution >= 0.6 is 0 Å². The fourth-order valence-electron chi connectivity index (χ4n) is 6.19. The first-order chi connectivity index (χ1) is 19.7. The molecule has 3 N–H and O–H groups in total. The number of rotatable bonds is 4. The molecule has 0 saturated heterocycles. The Kier molecular flexibility index (Phi) is 6.28. The summed E-state index contributed by atoms with van der Waals surface area (Å²) >= 11 is 0. The number of nitrogens with one attached hydrogen (secondary N) is 2. The summed E-state index contributed by atoms with van der Waals surface area (Å²) < 4.78 is 5.88. The van der Waals surface area contributed by atoms with Gasteiger partial charge in [-0.05, 0) is 53.3 Å². The van der Waals surface area contributed by atoms with Crippen molar-refractivity contribution in [3.63, 3.8) is 0 Å². The standard InChI is InChI=1S/C33H30N4O3/c38-29-15-30(39)31-26-12-21-6-7-22(17-34-16-20-4-2-1-3-5-20)32(25(21)13-23-18-35-19-28(23)26)36-9-8-24-14-27(29)33(31)37-10-11-40-24/h1-5,10-14,18-19,22,34,37,39H,6-9,15-17H2/t22-/m0/s1. The third kappa shape index (κ3) is 4.42. The summed E-state index contributed by atoms with van der Waals surface area (Å²) in [7, 11) is 0. The van der Waals surface area contributed by atoms with Crippen LogP contribution < -0.4 is 5.32 Å². The van der Waals surface area contributed by atoms with Crippen molar-refractivity contribution >= 4 is 17.1 Å². The van der Waals surface area contributed by atoms with Gasteiger partial charge in [-0.2, -0.15) is 0 Å². The van der Waals surface area contributed by atoms with Crippen LogP contribution in [0.3, 0.4) is 0 Å². The molecule has 3 aliphatic carbocycles. The minimum absolute atomic E-state index is 0.0589. The van der Waals surface area contributed by atoms with Crippen molar-refractivity contribution in [2.75, 3.05) is 13.1 Å². The van der Waals surface area contributed by atoms with E-state index in [0.717, 1.165) is 53.9 Å². The number of aliphatic hydroxyl groups is 1. The molecule has 3 heterocycles. The van der Waals surface area contributed by atoms with E-state index in [9.17, 15) is 9.90 Å². The van der Waals surface area contributed by atoms with E-state index in [1.54, 1.807) is 18.5 Å². The summed E-state index contributed by atoms with van der Waals surface area (Å²) in [4.78, 5) is 26.1. The number of aliphatic hydroxyl groups excluding tert-OH is 1. The van der Waals surface area contributed by atoms with Crippen molar-refractivity contribution in [2.24, 2.45) is 10.9 Å². The number of H-pyrrole nitrogens is 1. The second-order valence-electron chi connectivity index (χ2n) is 10.7. The Morgan fingerprint density at radius 1 is 1.02 bits per heavy atom. The van der Waals surface area contributed by atoms with Crippen LogP contribution in [0.4, 0.5) is 0 Å². The Hall–Kier alpha value is -4.49. The monoisotopic (exact) mass is 530 g/mol. The molecule has 2 aliphatic heterocycles. The Bertz CT molecular complexity index is 1690. The largest absolute Gasteiger partial charge is 0.511 e. The van der Waals surface area contributed by atoms with Gasteiger partial charge in [-0.15, -0.1) is 0 Å². The van der Waals surface area contributed by atoms with Gasteiger partial charge in [0.2, 0.25) is 0 Å². The third-order valence-electron chi connectivity index (χ3n) is 8.14. The predicted octanol–water partition coefficient (Wildman–Crippen LogP) is 5.83. The Labute approximate surface area is 232 Å². The topological polar surface area (TPSA) is 104 Å². The SMILES string of the molecule is O=C1CC(O)=C2c3cc4c(cc5cncc3-5)C(=NCCc3cc1c2[nH]cco3)[C@H](CNCc1ccccc1)CC4. The van der Waals surface area contributed by atoms with E-state index in [1.165, 1.54) is 11.1 Å². The van der Waals surface area contributed by atoms with E-state index in [4.69, 9.17) is 9.41 Å². The molecule has 1 aromatic carbocycles. The van der Waals surface area contributed by atoms with Crippen LogP contribution in [-0.2, 0) is 19.4 Å². The van der Waals surface area contributed by atoms with Gasteiger partial charge in [0.15, 0.2) is 5.78 Å². The lowest BCUT2D eigenvalue weighted by molar-refractivity contribution is 0.0977. The second kappa shape index (κ2) is 10.2. The number of nitrogens with zero attached hydrogens (tertiary/aromatic N) is 2. The number of aromatic amines is 1. The summed E-state index contributed by atoms with van der Waals surface area (Å²) in [5.41, 5.74) is 9.18. The zero-order valence-corrected chi connectivity index (χ0v) is 22.1. The number of ketones is 1. The number of Topliss-reactive ketones (excluding diaryl/α,β-unsaturated/α-hetero) is 1. The average Bonchev–Trinajstić information content (AvgIpc) is 3.34. The highest BCUT2D eigenvalue weighted by atomic mass is 16.3. The van der Waals surface area contributed by atoms with E-state index in [0.29, 0.717) is 35.6 Å². The minimum Gasteiger partial charge on any atom is -0.511 e. The molecule has 0 radical (unpaired) electrons. The first kappa shape index (κ1) is 24.5. The molecule has 0 spiro atoms. The van der Waals surface area contributed by atoms with Crippen LogP contribution in [0, 0.1) is 5.92 Å². The van der Waals surface area contributed by atoms with E-state index in [2.05, 4.69) is 51.7 Å². The zero-order chi connectivity index (χ0) is 27.1. The smallest absolute Gasteiger partial charge is 0.172 e. The molecule has 1 aromatic heterocycles. The fraction of sp³-hybridized carbons (Fsp3) is 0.242. The normalized spacial score (nSPS) is 17.8. The fourth-order valence-corrected chi connectivity index (χ4v) is 6.19. The molecule has 40 heavy (non-hydrogen) atoms. The molecule has 0 saturated carbocycles. The van der Waals surface area contributed by atoms with Crippen LogP contribution in [0.25, 0.3) is 16.7 Å². The third-order valence-corrected chi connectivity index (χ3v) is 8.14. The van der Waals surface area contributed by atoms with Gasteiger partial charge in [0, 0.05) is 78.5 Å². The minimum atomic E-state index is -0.147. The maximum absolute atomic E-state index is 13.2. The number of aliphatic imine (C=N–C) groups is 1. The van der Waals surface area contributed by atoms with Crippen molar-refractivity contribution < 1.29 is 14.3 Å². The summed E-state index contributed by atoms with van der Waals surface area (Å²) in [5.74, 6) is 0.837. The maximum atomic E-state index is 13.2. The van der Waals surface area contributed by atoms with Gasteiger partial charge in [-0.3, -0.25) is 14.8 Å². The Morgan fingerprint density at radius 2 is 1.93 bits per heavy atom. The van der Waals surface area contributed by atoms with Crippen LogP contribution in [0.5, 0.6) is 0 Å². The number of hydrogen-bond acceptors (Lipinski definition) is 6. The molecule has 200 valence electrons. The Balaban J connectivity index is 1.40. The number of aryl methyl sites for hydroxylation is 1. The number of carbonyl (C=O) groups excluding carboxylic acids is 1. The lowest BCUT2D eigenvalue weighted by Crippen LogP contribution is -2.32. The molecule has 2 aromatic rings. The van der Waals surface area contributed by atoms with Crippen molar-refractivity contribution in [1.29, 1.82) is 0 Å². The van der Waals surface area contributed by atoms with Crippen molar-refractivity contribution in [3.8, 4) is 11.1 Å². The summed E-state index contributed by atoms with van der Waals surface area (Å²) in [5, 5.41) is 14.9. The second-order valence-corrected chi connectivity index (χ2v) is 10.7. The van der Waals surface area contributed by atoms with Gasteiger partial charge in [0.05, 0.1) is 12.1 Å². The van der Waals surface area contributed by atoms with E-state index in [-0.39, 0.29) is 23.9 Å². The van der Waals surface area contributed by atoms with Gasteiger partial charge in [0.25, 0.3) is 0 Å². The zero-order valence-electron chi connectivity index (χ0n) is 22.1. The molecule has 7 heteroatoms.